The average molecular weight is 408 g/mol. The van der Waals surface area contributed by atoms with Crippen molar-refractivity contribution in [3.8, 4) is 39.7 Å². The normalized spacial score (nSPS) is 11.5. The quantitative estimate of drug-likeness (QED) is 0.388. The summed E-state index contributed by atoms with van der Waals surface area (Å²) >= 11 is 0. The minimum absolute atomic E-state index is 0.664. The third-order valence-corrected chi connectivity index (χ3v) is 4.98. The molecule has 0 spiro atoms. The summed E-state index contributed by atoms with van der Waals surface area (Å²) in [6, 6.07) is 22.3. The van der Waals surface area contributed by atoms with Crippen molar-refractivity contribution in [2.24, 2.45) is 7.05 Å². The molecule has 0 aliphatic heterocycles. The highest BCUT2D eigenvalue weighted by Gasteiger charge is 2.30. The maximum Gasteiger partial charge on any atom is 0.416 e. The second-order valence-corrected chi connectivity index (χ2v) is 6.86. The third-order valence-electron chi connectivity index (χ3n) is 4.98. The zero-order chi connectivity index (χ0) is 21.3. The van der Waals surface area contributed by atoms with Gasteiger partial charge in [-0.1, -0.05) is 42.5 Å². The van der Waals surface area contributed by atoms with Crippen LogP contribution in [0.1, 0.15) is 5.56 Å². The van der Waals surface area contributed by atoms with E-state index in [2.05, 4.69) is 0 Å². The zero-order valence-corrected chi connectivity index (χ0v) is 16.4. The number of halogens is 3. The molecule has 0 N–H and O–H groups in total. The molecule has 0 atom stereocenters. The van der Waals surface area contributed by atoms with E-state index in [1.807, 2.05) is 66.2 Å². The van der Waals surface area contributed by atoms with E-state index in [4.69, 9.17) is 9.72 Å². The van der Waals surface area contributed by atoms with Gasteiger partial charge >= 0.3 is 6.18 Å². The summed E-state index contributed by atoms with van der Waals surface area (Å²) in [6.45, 7) is 0. The molecule has 0 aliphatic rings. The molecule has 3 aromatic carbocycles. The molecule has 0 radical (unpaired) electrons. The van der Waals surface area contributed by atoms with Crippen LogP contribution in [0.2, 0.25) is 0 Å². The summed E-state index contributed by atoms with van der Waals surface area (Å²) in [5, 5.41) is 0. The highest BCUT2D eigenvalue weighted by molar-refractivity contribution is 5.82. The topological polar surface area (TPSA) is 27.1 Å². The Bertz CT molecular complexity index is 1150. The van der Waals surface area contributed by atoms with Crippen molar-refractivity contribution in [2.75, 3.05) is 7.11 Å². The van der Waals surface area contributed by atoms with Gasteiger partial charge in [-0.05, 0) is 36.4 Å². The number of ether oxygens (including phenoxy) is 1. The number of hydrogen-bond acceptors (Lipinski definition) is 2. The Morgan fingerprint density at radius 1 is 0.767 bits per heavy atom. The minimum Gasteiger partial charge on any atom is -0.497 e. The van der Waals surface area contributed by atoms with Crippen molar-refractivity contribution in [3.63, 3.8) is 0 Å². The Hall–Kier alpha value is -3.54. The summed E-state index contributed by atoms with van der Waals surface area (Å²) in [5.41, 5.74) is 3.22. The first kappa shape index (κ1) is 19.8. The maximum absolute atomic E-state index is 13.0. The van der Waals surface area contributed by atoms with Crippen molar-refractivity contribution in [3.05, 3.63) is 84.4 Å². The summed E-state index contributed by atoms with van der Waals surface area (Å²) in [6.07, 6.45) is -4.37. The van der Waals surface area contributed by atoms with Gasteiger partial charge in [0.15, 0.2) is 0 Å². The van der Waals surface area contributed by atoms with Crippen LogP contribution in [0.5, 0.6) is 5.75 Å². The first-order chi connectivity index (χ1) is 14.4. The third kappa shape index (κ3) is 3.68. The van der Waals surface area contributed by atoms with Gasteiger partial charge in [-0.25, -0.2) is 4.98 Å². The second kappa shape index (κ2) is 7.71. The molecule has 4 rings (SSSR count). The number of rotatable bonds is 4. The molecule has 0 bridgehead atoms. The molecule has 0 aliphatic carbocycles. The van der Waals surface area contributed by atoms with Crippen molar-refractivity contribution in [1.29, 1.82) is 0 Å². The Labute approximate surface area is 172 Å². The van der Waals surface area contributed by atoms with E-state index in [1.54, 1.807) is 7.11 Å². The van der Waals surface area contributed by atoms with Crippen LogP contribution in [-0.2, 0) is 13.2 Å². The predicted molar refractivity (Wildman–Crippen MR) is 111 cm³/mol. The molecule has 0 fully saturated rings. The van der Waals surface area contributed by atoms with Crippen molar-refractivity contribution < 1.29 is 17.9 Å². The van der Waals surface area contributed by atoms with E-state index in [9.17, 15) is 13.2 Å². The van der Waals surface area contributed by atoms with Gasteiger partial charge in [-0.15, -0.1) is 0 Å². The number of nitrogens with zero attached hydrogens (tertiary/aromatic N) is 2. The standard InChI is InChI=1S/C24H19F3N2O/c1-29-22(17-8-12-19(13-9-17)24(25,26)27)21(16-6-4-3-5-7-16)28-23(29)18-10-14-20(30-2)15-11-18/h3-15H,1-2H3. The van der Waals surface area contributed by atoms with E-state index < -0.39 is 11.7 Å². The zero-order valence-electron chi connectivity index (χ0n) is 16.4. The molecule has 0 amide bonds. The number of alkyl halides is 3. The summed E-state index contributed by atoms with van der Waals surface area (Å²) in [7, 11) is 3.47. The fraction of sp³-hybridized carbons (Fsp3) is 0.125. The second-order valence-electron chi connectivity index (χ2n) is 6.86. The molecule has 152 valence electrons. The Kier molecular flexibility index (Phi) is 5.08. The number of benzene rings is 3. The molecule has 30 heavy (non-hydrogen) atoms. The first-order valence-corrected chi connectivity index (χ1v) is 9.32. The molecule has 0 saturated carbocycles. The molecule has 4 aromatic rings. The lowest BCUT2D eigenvalue weighted by Crippen LogP contribution is -2.04. The fourth-order valence-corrected chi connectivity index (χ4v) is 3.44. The van der Waals surface area contributed by atoms with Crippen LogP contribution in [-0.4, -0.2) is 16.7 Å². The summed E-state index contributed by atoms with van der Waals surface area (Å²) in [4.78, 5) is 4.85. The first-order valence-electron chi connectivity index (χ1n) is 9.32. The highest BCUT2D eigenvalue weighted by Crippen LogP contribution is 2.37. The molecule has 6 heteroatoms. The highest BCUT2D eigenvalue weighted by atomic mass is 19.4. The number of imidazole rings is 1. The molecular weight excluding hydrogens is 389 g/mol. The SMILES string of the molecule is COc1ccc(-c2nc(-c3ccccc3)c(-c3ccc(C(F)(F)F)cc3)n2C)cc1. The molecule has 1 aromatic heterocycles. The Morgan fingerprint density at radius 2 is 1.37 bits per heavy atom. The van der Waals surface area contributed by atoms with Gasteiger partial charge in [0.1, 0.15) is 11.6 Å². The van der Waals surface area contributed by atoms with Crippen LogP contribution in [0.15, 0.2) is 78.9 Å². The van der Waals surface area contributed by atoms with Crippen LogP contribution in [0, 0.1) is 0 Å². The fourth-order valence-electron chi connectivity index (χ4n) is 3.44. The number of hydrogen-bond donors (Lipinski definition) is 0. The van der Waals surface area contributed by atoms with Crippen LogP contribution in [0.25, 0.3) is 33.9 Å². The van der Waals surface area contributed by atoms with Gasteiger partial charge in [0.2, 0.25) is 0 Å². The molecule has 1 heterocycles. The van der Waals surface area contributed by atoms with E-state index >= 15 is 0 Å². The van der Waals surface area contributed by atoms with Crippen LogP contribution in [0.4, 0.5) is 13.2 Å². The smallest absolute Gasteiger partial charge is 0.416 e. The monoisotopic (exact) mass is 408 g/mol. The van der Waals surface area contributed by atoms with Gasteiger partial charge < -0.3 is 9.30 Å². The van der Waals surface area contributed by atoms with E-state index in [0.29, 0.717) is 17.1 Å². The average Bonchev–Trinajstić information content (AvgIpc) is 3.11. The van der Waals surface area contributed by atoms with E-state index in [0.717, 1.165) is 34.7 Å². The van der Waals surface area contributed by atoms with Gasteiger partial charge in [0.25, 0.3) is 0 Å². The lowest BCUT2D eigenvalue weighted by Gasteiger charge is -2.11. The molecule has 0 unspecified atom stereocenters. The van der Waals surface area contributed by atoms with Gasteiger partial charge in [-0.2, -0.15) is 13.2 Å². The summed E-state index contributed by atoms with van der Waals surface area (Å²) < 4.78 is 46.1. The summed E-state index contributed by atoms with van der Waals surface area (Å²) in [5.74, 6) is 1.45. The van der Waals surface area contributed by atoms with Crippen LogP contribution < -0.4 is 4.74 Å². The van der Waals surface area contributed by atoms with E-state index in [-0.39, 0.29) is 0 Å². The van der Waals surface area contributed by atoms with E-state index in [1.165, 1.54) is 12.1 Å². The van der Waals surface area contributed by atoms with Crippen molar-refractivity contribution in [1.82, 2.24) is 9.55 Å². The molecule has 3 nitrogen and oxygen atoms in total. The van der Waals surface area contributed by atoms with Crippen LogP contribution >= 0.6 is 0 Å². The molecular formula is C24H19F3N2O. The molecule has 0 saturated heterocycles. The minimum atomic E-state index is -4.37. The van der Waals surface area contributed by atoms with Crippen LogP contribution in [0.3, 0.4) is 0 Å². The Morgan fingerprint density at radius 3 is 1.93 bits per heavy atom. The van der Waals surface area contributed by atoms with Gasteiger partial charge in [-0.3, -0.25) is 0 Å². The van der Waals surface area contributed by atoms with Gasteiger partial charge in [0, 0.05) is 23.7 Å². The van der Waals surface area contributed by atoms with Crippen molar-refractivity contribution >= 4 is 0 Å². The number of methoxy groups -OCH3 is 1. The lowest BCUT2D eigenvalue weighted by atomic mass is 10.0. The van der Waals surface area contributed by atoms with Gasteiger partial charge in [0.05, 0.1) is 24.1 Å². The maximum atomic E-state index is 13.0. The largest absolute Gasteiger partial charge is 0.497 e. The number of aromatic nitrogens is 2. The van der Waals surface area contributed by atoms with Crippen molar-refractivity contribution in [2.45, 2.75) is 6.18 Å². The lowest BCUT2D eigenvalue weighted by molar-refractivity contribution is -0.137. The predicted octanol–water partition coefficient (Wildman–Crippen LogP) is 6.45. The Balaban J connectivity index is 1.88.